The second-order valence-electron chi connectivity index (χ2n) is 6.40. The maximum absolute atomic E-state index is 12.6. The van der Waals surface area contributed by atoms with Gasteiger partial charge in [-0.15, -0.1) is 0 Å². The molecule has 2 atom stereocenters. The topological polar surface area (TPSA) is 76.4 Å². The van der Waals surface area contributed by atoms with Gasteiger partial charge in [0.25, 0.3) is 5.56 Å². The molecule has 2 unspecified atom stereocenters. The third-order valence-corrected chi connectivity index (χ3v) is 6.14. The quantitative estimate of drug-likeness (QED) is 0.922. The average molecular weight is 343 g/mol. The minimum Gasteiger partial charge on any atom is -0.480 e. The first-order valence-corrected chi connectivity index (χ1v) is 9.31. The van der Waals surface area contributed by atoms with Gasteiger partial charge in [0.2, 0.25) is 0 Å². The number of hydrogen-bond donors (Lipinski definition) is 1. The average Bonchev–Trinajstić information content (AvgIpc) is 3.32. The molecule has 5 nitrogen and oxygen atoms in total. The molecule has 0 amide bonds. The van der Waals surface area contributed by atoms with E-state index in [1.165, 1.54) is 4.57 Å². The third-order valence-electron chi connectivity index (χ3n) is 4.67. The van der Waals surface area contributed by atoms with Crippen molar-refractivity contribution in [2.45, 2.75) is 36.2 Å². The standard InChI is InChI=1S/C18H17NO4S/c20-15-9-13(8-11-4-2-1-3-5-11)16(12-6-7-12)17-19(15)14(18(21)22)10-24(17)23/h1-5,9,12,14H,6-8,10H2,(H,21,22). The number of carboxylic acids is 1. The molecule has 4 rings (SSSR count). The molecular formula is C18H17NO4S. The molecule has 0 saturated heterocycles. The van der Waals surface area contributed by atoms with Crippen LogP contribution in [0.25, 0.3) is 0 Å². The number of benzene rings is 1. The van der Waals surface area contributed by atoms with E-state index in [1.54, 1.807) is 6.07 Å². The lowest BCUT2D eigenvalue weighted by Gasteiger charge is -2.16. The number of pyridine rings is 1. The largest absolute Gasteiger partial charge is 0.480 e. The molecule has 0 bridgehead atoms. The molecule has 2 aliphatic rings. The van der Waals surface area contributed by atoms with Crippen LogP contribution >= 0.6 is 0 Å². The summed E-state index contributed by atoms with van der Waals surface area (Å²) < 4.78 is 13.8. The van der Waals surface area contributed by atoms with Crippen molar-refractivity contribution in [2.24, 2.45) is 0 Å². The second kappa shape index (κ2) is 5.70. The molecule has 2 aromatic rings. The zero-order valence-corrected chi connectivity index (χ0v) is 13.8. The molecule has 24 heavy (non-hydrogen) atoms. The zero-order chi connectivity index (χ0) is 16.8. The summed E-state index contributed by atoms with van der Waals surface area (Å²) in [6.07, 6.45) is 2.61. The Labute approximate surface area is 141 Å². The molecule has 0 spiro atoms. The van der Waals surface area contributed by atoms with E-state index in [4.69, 9.17) is 0 Å². The van der Waals surface area contributed by atoms with Crippen molar-refractivity contribution in [3.63, 3.8) is 0 Å². The van der Waals surface area contributed by atoms with Crippen LogP contribution in [0, 0.1) is 0 Å². The van der Waals surface area contributed by atoms with Crippen LogP contribution in [0.15, 0.2) is 46.2 Å². The third kappa shape index (κ3) is 2.51. The number of carboxylic acid groups (broad SMARTS) is 1. The van der Waals surface area contributed by atoms with E-state index >= 15 is 0 Å². The van der Waals surface area contributed by atoms with Crippen molar-refractivity contribution < 1.29 is 14.1 Å². The first kappa shape index (κ1) is 15.3. The maximum Gasteiger partial charge on any atom is 0.327 e. The molecule has 6 heteroatoms. The van der Waals surface area contributed by atoms with Crippen LogP contribution in [0.3, 0.4) is 0 Å². The van der Waals surface area contributed by atoms with E-state index in [0.717, 1.165) is 29.5 Å². The van der Waals surface area contributed by atoms with Gasteiger partial charge in [0.05, 0.1) is 16.6 Å². The number of fused-ring (bicyclic) bond motifs is 1. The fourth-order valence-electron chi connectivity index (χ4n) is 3.44. The van der Waals surface area contributed by atoms with E-state index in [9.17, 15) is 18.9 Å². The highest BCUT2D eigenvalue weighted by Crippen LogP contribution is 2.46. The van der Waals surface area contributed by atoms with Crippen molar-refractivity contribution in [1.29, 1.82) is 0 Å². The van der Waals surface area contributed by atoms with Crippen molar-refractivity contribution in [3.05, 3.63) is 63.4 Å². The monoisotopic (exact) mass is 343 g/mol. The molecule has 0 radical (unpaired) electrons. The van der Waals surface area contributed by atoms with Crippen LogP contribution in [-0.2, 0) is 22.0 Å². The van der Waals surface area contributed by atoms with Gasteiger partial charge >= 0.3 is 5.97 Å². The molecule has 1 N–H and O–H groups in total. The maximum atomic E-state index is 12.6. The number of rotatable bonds is 4. The second-order valence-corrected chi connectivity index (χ2v) is 7.81. The normalized spacial score (nSPS) is 22.3. The van der Waals surface area contributed by atoms with Gasteiger partial charge in [-0.3, -0.25) is 13.6 Å². The Morgan fingerprint density at radius 2 is 1.96 bits per heavy atom. The Hall–Kier alpha value is -2.21. The van der Waals surface area contributed by atoms with Crippen LogP contribution in [0.1, 0.15) is 41.5 Å². The molecule has 124 valence electrons. The van der Waals surface area contributed by atoms with Crippen LogP contribution in [-0.4, -0.2) is 25.6 Å². The SMILES string of the molecule is O=C(O)C1CS(=O)c2c(C3CC3)c(Cc3ccccc3)cc(=O)n21. The number of aliphatic carboxylic acids is 1. The van der Waals surface area contributed by atoms with Crippen molar-refractivity contribution >= 4 is 16.8 Å². The van der Waals surface area contributed by atoms with Gasteiger partial charge < -0.3 is 5.11 Å². The van der Waals surface area contributed by atoms with E-state index in [1.807, 2.05) is 30.3 Å². The van der Waals surface area contributed by atoms with Crippen LogP contribution in [0.4, 0.5) is 0 Å². The van der Waals surface area contributed by atoms with Gasteiger partial charge in [0.15, 0.2) is 0 Å². The van der Waals surface area contributed by atoms with Gasteiger partial charge in [-0.25, -0.2) is 4.79 Å². The molecule has 1 aromatic carbocycles. The molecule has 1 aliphatic carbocycles. The summed E-state index contributed by atoms with van der Waals surface area (Å²) >= 11 is 0. The summed E-state index contributed by atoms with van der Waals surface area (Å²) in [7, 11) is -1.44. The van der Waals surface area contributed by atoms with Gasteiger partial charge in [-0.2, -0.15) is 0 Å². The molecule has 1 saturated carbocycles. The molecule has 1 aromatic heterocycles. The molecule has 1 fully saturated rings. The van der Waals surface area contributed by atoms with Crippen molar-refractivity contribution in [1.82, 2.24) is 4.57 Å². The Balaban J connectivity index is 1.89. The van der Waals surface area contributed by atoms with Crippen molar-refractivity contribution in [2.75, 3.05) is 5.75 Å². The number of carbonyl (C=O) groups is 1. The summed E-state index contributed by atoms with van der Waals surface area (Å²) in [5, 5.41) is 9.81. The van der Waals surface area contributed by atoms with Crippen molar-refractivity contribution in [3.8, 4) is 0 Å². The smallest absolute Gasteiger partial charge is 0.327 e. The molecule has 1 aliphatic heterocycles. The number of aromatic nitrogens is 1. The summed E-state index contributed by atoms with van der Waals surface area (Å²) in [6, 6.07) is 10.4. The highest BCUT2D eigenvalue weighted by Gasteiger charge is 2.40. The highest BCUT2D eigenvalue weighted by atomic mass is 32.2. The lowest BCUT2D eigenvalue weighted by atomic mass is 9.98. The fourth-order valence-corrected chi connectivity index (χ4v) is 5.16. The summed E-state index contributed by atoms with van der Waals surface area (Å²) in [5.74, 6) is -0.817. The first-order valence-electron chi connectivity index (χ1n) is 7.99. The molecular weight excluding hydrogens is 326 g/mol. The predicted molar refractivity (Wildman–Crippen MR) is 89.9 cm³/mol. The van der Waals surface area contributed by atoms with E-state index < -0.39 is 22.8 Å². The number of hydrogen-bond acceptors (Lipinski definition) is 3. The fraction of sp³-hybridized carbons (Fsp3) is 0.333. The highest BCUT2D eigenvalue weighted by molar-refractivity contribution is 7.85. The number of nitrogens with zero attached hydrogens (tertiary/aromatic N) is 1. The van der Waals surface area contributed by atoms with E-state index in [0.29, 0.717) is 17.4 Å². The van der Waals surface area contributed by atoms with E-state index in [2.05, 4.69) is 0 Å². The van der Waals surface area contributed by atoms with Gasteiger partial charge in [0, 0.05) is 6.07 Å². The van der Waals surface area contributed by atoms with Crippen LogP contribution in [0.2, 0.25) is 0 Å². The van der Waals surface area contributed by atoms with Crippen LogP contribution in [0.5, 0.6) is 0 Å². The Morgan fingerprint density at radius 1 is 1.25 bits per heavy atom. The minimum absolute atomic E-state index is 0.0148. The zero-order valence-electron chi connectivity index (χ0n) is 13.0. The van der Waals surface area contributed by atoms with Gasteiger partial charge in [0.1, 0.15) is 11.1 Å². The summed E-state index contributed by atoms with van der Waals surface area (Å²) in [6.45, 7) is 0. The Kier molecular flexibility index (Phi) is 3.64. The Bertz CT molecular complexity index is 899. The Morgan fingerprint density at radius 3 is 2.58 bits per heavy atom. The predicted octanol–water partition coefficient (Wildman–Crippen LogP) is 2.06. The summed E-state index contributed by atoms with van der Waals surface area (Å²) in [4.78, 5) is 24.0. The van der Waals surface area contributed by atoms with Gasteiger partial charge in [-0.1, -0.05) is 30.3 Å². The minimum atomic E-state index is -1.44. The lowest BCUT2D eigenvalue weighted by molar-refractivity contribution is -0.140. The lowest BCUT2D eigenvalue weighted by Crippen LogP contribution is -2.29. The summed E-state index contributed by atoms with van der Waals surface area (Å²) in [5.41, 5.74) is 2.56. The first-order chi connectivity index (χ1) is 11.6. The van der Waals surface area contributed by atoms with Gasteiger partial charge in [-0.05, 0) is 41.9 Å². The van der Waals surface area contributed by atoms with Crippen LogP contribution < -0.4 is 5.56 Å². The van der Waals surface area contributed by atoms with E-state index in [-0.39, 0.29) is 11.3 Å². The molecule has 2 heterocycles.